The number of hydrogen-bond donors (Lipinski definition) is 0. The normalized spacial score (nSPS) is 42.1. The minimum Gasteiger partial charge on any atom is -0.295 e. The second-order valence-electron chi connectivity index (χ2n) is 16.7. The van der Waals surface area contributed by atoms with E-state index in [0.717, 1.165) is 24.2 Å². The van der Waals surface area contributed by atoms with Gasteiger partial charge >= 0.3 is 0 Å². The molecule has 0 heterocycles. The summed E-state index contributed by atoms with van der Waals surface area (Å²) in [6.07, 6.45) is 21.9. The van der Waals surface area contributed by atoms with Crippen molar-refractivity contribution in [2.24, 2.45) is 76.4 Å². The van der Waals surface area contributed by atoms with Crippen LogP contribution in [0.2, 0.25) is 0 Å². The summed E-state index contributed by atoms with van der Waals surface area (Å²) in [6, 6.07) is 0. The van der Waals surface area contributed by atoms with Gasteiger partial charge in [-0.05, 0) is 134 Å². The van der Waals surface area contributed by atoms with Crippen molar-refractivity contribution in [2.75, 3.05) is 0 Å². The van der Waals surface area contributed by atoms with Gasteiger partial charge in [0.25, 0.3) is 0 Å². The lowest BCUT2D eigenvalue weighted by atomic mass is 9.44. The Kier molecular flexibility index (Phi) is 10.9. The highest BCUT2D eigenvalue weighted by molar-refractivity contribution is 5.94. The quantitative estimate of drug-likeness (QED) is 0.301. The first-order valence-electron chi connectivity index (χ1n) is 18.0. The summed E-state index contributed by atoms with van der Waals surface area (Å²) in [4.78, 5) is 14.4. The molecular formula is C40H66O. The van der Waals surface area contributed by atoms with Crippen LogP contribution in [0.25, 0.3) is 0 Å². The molecule has 0 spiro atoms. The summed E-state index contributed by atoms with van der Waals surface area (Å²) in [5.74, 6) is 8.40. The molecule has 0 bridgehead atoms. The van der Waals surface area contributed by atoms with Gasteiger partial charge in [0.2, 0.25) is 0 Å². The first kappa shape index (κ1) is 32.8. The van der Waals surface area contributed by atoms with Crippen molar-refractivity contribution < 1.29 is 4.79 Å². The second kappa shape index (κ2) is 13.7. The largest absolute Gasteiger partial charge is 0.295 e. The molecule has 41 heavy (non-hydrogen) atoms. The Hall–Kier alpha value is -1.11. The molecule has 0 aliphatic heterocycles. The number of rotatable bonds is 7. The molecule has 0 radical (unpaired) electrons. The smallest absolute Gasteiger partial charge is 0.156 e. The van der Waals surface area contributed by atoms with Crippen molar-refractivity contribution in [3.05, 3.63) is 35.5 Å². The van der Waals surface area contributed by atoms with E-state index in [0.29, 0.717) is 59.0 Å². The van der Waals surface area contributed by atoms with E-state index in [1.54, 1.807) is 5.57 Å². The van der Waals surface area contributed by atoms with E-state index in [4.69, 9.17) is 0 Å². The molecule has 3 fully saturated rings. The third kappa shape index (κ3) is 6.70. The van der Waals surface area contributed by atoms with Crippen LogP contribution >= 0.6 is 0 Å². The summed E-state index contributed by atoms with van der Waals surface area (Å²) in [6.45, 7) is 24.5. The monoisotopic (exact) mass is 563 g/mol. The molecule has 3 saturated carbocycles. The molecule has 0 aromatic rings. The van der Waals surface area contributed by atoms with Crippen LogP contribution in [0.5, 0.6) is 0 Å². The number of ketones is 1. The van der Waals surface area contributed by atoms with Gasteiger partial charge in [-0.15, -0.1) is 0 Å². The molecule has 0 N–H and O–H groups in total. The fourth-order valence-electron chi connectivity index (χ4n) is 10.8. The first-order chi connectivity index (χ1) is 19.4. The van der Waals surface area contributed by atoms with E-state index in [1.165, 1.54) is 63.4 Å². The van der Waals surface area contributed by atoms with E-state index in [2.05, 4.69) is 93.5 Å². The molecular weight excluding hydrogens is 496 g/mol. The molecule has 0 saturated heterocycles. The molecule has 9 atom stereocenters. The average Bonchev–Trinajstić information content (AvgIpc) is 2.91. The Morgan fingerprint density at radius 2 is 1.17 bits per heavy atom. The van der Waals surface area contributed by atoms with Crippen LogP contribution in [0.1, 0.15) is 133 Å². The van der Waals surface area contributed by atoms with Gasteiger partial charge in [0, 0.05) is 11.8 Å². The summed E-state index contributed by atoms with van der Waals surface area (Å²) >= 11 is 0. The summed E-state index contributed by atoms with van der Waals surface area (Å²) in [7, 11) is 0. The molecule has 0 aromatic carbocycles. The second-order valence-corrected chi connectivity index (χ2v) is 16.7. The molecule has 0 aromatic heterocycles. The van der Waals surface area contributed by atoms with Crippen LogP contribution in [-0.4, -0.2) is 5.78 Å². The minimum atomic E-state index is -0.0455. The Morgan fingerprint density at radius 3 is 1.63 bits per heavy atom. The van der Waals surface area contributed by atoms with Crippen LogP contribution in [0.3, 0.4) is 0 Å². The van der Waals surface area contributed by atoms with E-state index in [-0.39, 0.29) is 5.41 Å². The summed E-state index contributed by atoms with van der Waals surface area (Å²) < 4.78 is 0. The maximum absolute atomic E-state index is 14.4. The summed E-state index contributed by atoms with van der Waals surface area (Å²) in [5.41, 5.74) is 3.05. The molecule has 232 valence electrons. The predicted octanol–water partition coefficient (Wildman–Crippen LogP) is 11.5. The number of carbonyl (C=O) groups is 1. The van der Waals surface area contributed by atoms with E-state index >= 15 is 0 Å². The van der Waals surface area contributed by atoms with Crippen molar-refractivity contribution >= 4 is 5.78 Å². The highest BCUT2D eigenvalue weighted by atomic mass is 16.1. The standard InChI is InChI=1S/C40H66O/c1-11-12-13-37-36(35-20-28(8)14-17-32(35)25(2)3)23-31(41)24-40(37,38-21-29(9)15-18-33(38)26(4)5)39-22-30(10)16-19-34(39)27(6)7/h11-13,23,25-30,32-35,38-39H,14-22,24H2,1-10H3/b12-11+,37-13-. The van der Waals surface area contributed by atoms with Crippen LogP contribution < -0.4 is 0 Å². The van der Waals surface area contributed by atoms with Gasteiger partial charge in [-0.1, -0.05) is 99.8 Å². The lowest BCUT2D eigenvalue weighted by Crippen LogP contribution is -2.54. The Bertz CT molecular complexity index is 943. The van der Waals surface area contributed by atoms with Gasteiger partial charge in [0.15, 0.2) is 5.78 Å². The van der Waals surface area contributed by atoms with Gasteiger partial charge in [-0.25, -0.2) is 0 Å². The van der Waals surface area contributed by atoms with Crippen LogP contribution in [0, 0.1) is 76.4 Å². The highest BCUT2D eigenvalue weighted by Crippen LogP contribution is 2.65. The van der Waals surface area contributed by atoms with Crippen molar-refractivity contribution in [1.29, 1.82) is 0 Å². The van der Waals surface area contributed by atoms with Crippen LogP contribution in [-0.2, 0) is 4.79 Å². The zero-order valence-electron chi connectivity index (χ0n) is 28.7. The molecule has 9 unspecified atom stereocenters. The third-order valence-corrected chi connectivity index (χ3v) is 12.8. The third-order valence-electron chi connectivity index (χ3n) is 12.8. The van der Waals surface area contributed by atoms with E-state index < -0.39 is 0 Å². The Morgan fingerprint density at radius 1 is 0.707 bits per heavy atom. The van der Waals surface area contributed by atoms with Gasteiger partial charge in [-0.2, -0.15) is 0 Å². The van der Waals surface area contributed by atoms with E-state index in [9.17, 15) is 4.79 Å². The molecule has 4 aliphatic rings. The van der Waals surface area contributed by atoms with Crippen molar-refractivity contribution in [2.45, 2.75) is 133 Å². The Balaban J connectivity index is 2.01. The van der Waals surface area contributed by atoms with Gasteiger partial charge < -0.3 is 0 Å². The lowest BCUT2D eigenvalue weighted by molar-refractivity contribution is -0.124. The Labute approximate surface area is 255 Å². The summed E-state index contributed by atoms with van der Waals surface area (Å²) in [5, 5.41) is 0. The number of carbonyl (C=O) groups excluding carboxylic acids is 1. The van der Waals surface area contributed by atoms with Crippen molar-refractivity contribution in [3.63, 3.8) is 0 Å². The minimum absolute atomic E-state index is 0.0455. The molecule has 1 heteroatoms. The number of hydrogen-bond acceptors (Lipinski definition) is 1. The van der Waals surface area contributed by atoms with Crippen molar-refractivity contribution in [3.8, 4) is 0 Å². The maximum atomic E-state index is 14.4. The zero-order valence-corrected chi connectivity index (χ0v) is 28.7. The van der Waals surface area contributed by atoms with Gasteiger partial charge in [-0.3, -0.25) is 4.79 Å². The fraction of sp³-hybridized carbons (Fsp3) is 0.825. The maximum Gasteiger partial charge on any atom is 0.156 e. The molecule has 0 amide bonds. The van der Waals surface area contributed by atoms with Crippen molar-refractivity contribution in [1.82, 2.24) is 0 Å². The lowest BCUT2D eigenvalue weighted by Gasteiger charge is -2.60. The number of allylic oxidation sites excluding steroid dienone is 6. The first-order valence-corrected chi connectivity index (χ1v) is 18.0. The van der Waals surface area contributed by atoms with E-state index in [1.807, 2.05) is 0 Å². The molecule has 4 rings (SSSR count). The fourth-order valence-corrected chi connectivity index (χ4v) is 10.8. The zero-order chi connectivity index (χ0) is 30.1. The van der Waals surface area contributed by atoms with Gasteiger partial charge in [0.1, 0.15) is 0 Å². The molecule has 4 aliphatic carbocycles. The van der Waals surface area contributed by atoms with Crippen LogP contribution in [0.4, 0.5) is 0 Å². The highest BCUT2D eigenvalue weighted by Gasteiger charge is 2.58. The predicted molar refractivity (Wildman–Crippen MR) is 178 cm³/mol. The SMILES string of the molecule is C/C=C/C=C1/C(C2CC(C)CCC2C(C)C)=CC(=O)CC1(C1CC(C)CCC1C(C)C)C1CC(C)CCC1C(C)C. The van der Waals surface area contributed by atoms with Gasteiger partial charge in [0.05, 0.1) is 0 Å². The van der Waals surface area contributed by atoms with Crippen LogP contribution in [0.15, 0.2) is 35.5 Å². The molecule has 1 nitrogen and oxygen atoms in total. The average molecular weight is 563 g/mol. The topological polar surface area (TPSA) is 17.1 Å².